The summed E-state index contributed by atoms with van der Waals surface area (Å²) < 4.78 is 17.8. The van der Waals surface area contributed by atoms with Crippen molar-refractivity contribution in [3.63, 3.8) is 0 Å². The van der Waals surface area contributed by atoms with E-state index in [9.17, 15) is 4.79 Å². The SMILES string of the molecule is COc1ccc(-c2cc(=O)n(Cc3ccco3)c(=S)s2)cc1OC. The first-order valence-electron chi connectivity index (χ1n) is 7.12. The highest BCUT2D eigenvalue weighted by atomic mass is 32.1. The summed E-state index contributed by atoms with van der Waals surface area (Å²) in [5.74, 6) is 1.93. The number of aromatic nitrogens is 1. The Hall–Kier alpha value is -2.38. The summed E-state index contributed by atoms with van der Waals surface area (Å²) in [5.41, 5.74) is 0.686. The van der Waals surface area contributed by atoms with Crippen LogP contribution < -0.4 is 15.0 Å². The van der Waals surface area contributed by atoms with E-state index in [1.165, 1.54) is 15.9 Å². The molecule has 0 fully saturated rings. The van der Waals surface area contributed by atoms with E-state index in [2.05, 4.69) is 0 Å². The highest BCUT2D eigenvalue weighted by molar-refractivity contribution is 7.73. The van der Waals surface area contributed by atoms with Gasteiger partial charge in [-0.05, 0) is 48.1 Å². The molecule has 0 aliphatic rings. The van der Waals surface area contributed by atoms with Crippen molar-refractivity contribution in [1.29, 1.82) is 0 Å². The molecule has 0 amide bonds. The maximum Gasteiger partial charge on any atom is 0.254 e. The van der Waals surface area contributed by atoms with Crippen LogP contribution in [0.4, 0.5) is 0 Å². The first-order valence-corrected chi connectivity index (χ1v) is 8.34. The number of ether oxygens (including phenoxy) is 2. The van der Waals surface area contributed by atoms with Crippen LogP contribution in [0.5, 0.6) is 11.5 Å². The molecule has 0 saturated carbocycles. The first kappa shape index (κ1) is 16.5. The van der Waals surface area contributed by atoms with Crippen molar-refractivity contribution >= 4 is 23.6 Å². The van der Waals surface area contributed by atoms with Gasteiger partial charge < -0.3 is 13.9 Å². The van der Waals surface area contributed by atoms with E-state index < -0.39 is 0 Å². The van der Waals surface area contributed by atoms with E-state index in [-0.39, 0.29) is 5.56 Å². The highest BCUT2D eigenvalue weighted by Crippen LogP contribution is 2.33. The Bertz CT molecular complexity index is 926. The number of nitrogens with zero attached hydrogens (tertiary/aromatic N) is 1. The molecule has 0 atom stereocenters. The number of rotatable bonds is 5. The molecular weight excluding hydrogens is 346 g/mol. The van der Waals surface area contributed by atoms with Crippen molar-refractivity contribution in [2.75, 3.05) is 14.2 Å². The molecule has 24 heavy (non-hydrogen) atoms. The average molecular weight is 361 g/mol. The lowest BCUT2D eigenvalue weighted by Crippen LogP contribution is -2.19. The summed E-state index contributed by atoms with van der Waals surface area (Å²) in [5, 5.41) is 0. The standard InChI is InChI=1S/C17H15NO4S2/c1-20-13-6-5-11(8-14(13)21-2)15-9-16(19)18(17(23)24-15)10-12-4-3-7-22-12/h3-9H,10H2,1-2H3. The Labute approximate surface area is 147 Å². The highest BCUT2D eigenvalue weighted by Gasteiger charge is 2.10. The third kappa shape index (κ3) is 3.27. The molecule has 0 bridgehead atoms. The van der Waals surface area contributed by atoms with Crippen LogP contribution in [0.1, 0.15) is 5.76 Å². The fourth-order valence-corrected chi connectivity index (χ4v) is 3.57. The van der Waals surface area contributed by atoms with Gasteiger partial charge in [-0.25, -0.2) is 0 Å². The zero-order valence-corrected chi connectivity index (χ0v) is 14.8. The zero-order valence-electron chi connectivity index (χ0n) is 13.1. The van der Waals surface area contributed by atoms with Gasteiger partial charge in [0.05, 0.1) is 27.0 Å². The predicted molar refractivity (Wildman–Crippen MR) is 95.8 cm³/mol. The Morgan fingerprint density at radius 2 is 1.96 bits per heavy atom. The molecule has 0 radical (unpaired) electrons. The van der Waals surface area contributed by atoms with Gasteiger partial charge >= 0.3 is 0 Å². The van der Waals surface area contributed by atoms with Crippen LogP contribution in [-0.2, 0) is 6.54 Å². The molecule has 3 aromatic rings. The lowest BCUT2D eigenvalue weighted by molar-refractivity contribution is 0.355. The molecular formula is C17H15NO4S2. The van der Waals surface area contributed by atoms with Gasteiger partial charge in [0.25, 0.3) is 5.56 Å². The number of hydrogen-bond acceptors (Lipinski definition) is 6. The molecule has 3 rings (SSSR count). The molecule has 124 valence electrons. The van der Waals surface area contributed by atoms with E-state index in [0.717, 1.165) is 10.4 Å². The Morgan fingerprint density at radius 3 is 2.58 bits per heavy atom. The molecule has 0 aliphatic carbocycles. The van der Waals surface area contributed by atoms with E-state index in [0.29, 0.717) is 27.8 Å². The number of hydrogen-bond donors (Lipinski definition) is 0. The molecule has 0 saturated heterocycles. The van der Waals surface area contributed by atoms with Crippen molar-refractivity contribution in [3.8, 4) is 21.9 Å². The molecule has 1 aromatic carbocycles. The minimum Gasteiger partial charge on any atom is -0.493 e. The molecule has 2 aromatic heterocycles. The molecule has 0 aliphatic heterocycles. The fraction of sp³-hybridized carbons (Fsp3) is 0.176. The van der Waals surface area contributed by atoms with Gasteiger partial charge in [0.2, 0.25) is 0 Å². The van der Waals surface area contributed by atoms with Crippen LogP contribution >= 0.6 is 23.6 Å². The quantitative estimate of drug-likeness (QED) is 0.644. The molecule has 5 nitrogen and oxygen atoms in total. The van der Waals surface area contributed by atoms with Gasteiger partial charge in [-0.3, -0.25) is 9.36 Å². The maximum atomic E-state index is 12.4. The lowest BCUT2D eigenvalue weighted by atomic mass is 10.1. The van der Waals surface area contributed by atoms with Crippen molar-refractivity contribution in [1.82, 2.24) is 4.57 Å². The van der Waals surface area contributed by atoms with Crippen LogP contribution in [0.25, 0.3) is 10.4 Å². The first-order chi connectivity index (χ1) is 11.6. The predicted octanol–water partition coefficient (Wildman–Crippen LogP) is 3.96. The van der Waals surface area contributed by atoms with Gasteiger partial charge in [0.1, 0.15) is 5.76 Å². The Morgan fingerprint density at radius 1 is 1.17 bits per heavy atom. The summed E-state index contributed by atoms with van der Waals surface area (Å²) in [6, 6.07) is 10.7. The van der Waals surface area contributed by atoms with Crippen molar-refractivity contribution in [3.05, 3.63) is 62.7 Å². The van der Waals surface area contributed by atoms with E-state index in [1.807, 2.05) is 18.2 Å². The summed E-state index contributed by atoms with van der Waals surface area (Å²) >= 11 is 6.76. The molecule has 0 unspecified atom stereocenters. The van der Waals surface area contributed by atoms with Crippen LogP contribution in [-0.4, -0.2) is 18.8 Å². The van der Waals surface area contributed by atoms with E-state index >= 15 is 0 Å². The van der Waals surface area contributed by atoms with Gasteiger partial charge in [-0.1, -0.05) is 0 Å². The fourth-order valence-electron chi connectivity index (χ4n) is 2.29. The summed E-state index contributed by atoms with van der Waals surface area (Å²) in [6.07, 6.45) is 1.57. The Balaban J connectivity index is 2.02. The van der Waals surface area contributed by atoms with E-state index in [1.54, 1.807) is 38.7 Å². The largest absolute Gasteiger partial charge is 0.493 e. The second kappa shape index (κ2) is 7.02. The van der Waals surface area contributed by atoms with Crippen LogP contribution in [0.2, 0.25) is 0 Å². The molecule has 2 heterocycles. The second-order valence-electron chi connectivity index (χ2n) is 4.95. The van der Waals surface area contributed by atoms with E-state index in [4.69, 9.17) is 26.1 Å². The number of benzene rings is 1. The topological polar surface area (TPSA) is 53.6 Å². The van der Waals surface area contributed by atoms with Gasteiger partial charge in [-0.2, -0.15) is 0 Å². The molecule has 0 N–H and O–H groups in total. The lowest BCUT2D eigenvalue weighted by Gasteiger charge is -2.10. The Kier molecular flexibility index (Phi) is 4.82. The van der Waals surface area contributed by atoms with Crippen LogP contribution in [0.3, 0.4) is 0 Å². The monoisotopic (exact) mass is 361 g/mol. The number of furan rings is 1. The summed E-state index contributed by atoms with van der Waals surface area (Å²) in [4.78, 5) is 13.2. The second-order valence-corrected chi connectivity index (χ2v) is 6.63. The third-order valence-corrected chi connectivity index (χ3v) is 4.94. The van der Waals surface area contributed by atoms with Gasteiger partial charge in [-0.15, -0.1) is 11.3 Å². The normalized spacial score (nSPS) is 10.6. The molecule has 0 spiro atoms. The molecule has 7 heteroatoms. The van der Waals surface area contributed by atoms with Gasteiger partial charge in [0.15, 0.2) is 15.5 Å². The minimum atomic E-state index is -0.167. The van der Waals surface area contributed by atoms with Crippen molar-refractivity contribution in [2.24, 2.45) is 0 Å². The van der Waals surface area contributed by atoms with Crippen LogP contribution in [0, 0.1) is 3.95 Å². The summed E-state index contributed by atoms with van der Waals surface area (Å²) in [6.45, 7) is 0.327. The van der Waals surface area contributed by atoms with Crippen molar-refractivity contribution in [2.45, 2.75) is 6.54 Å². The van der Waals surface area contributed by atoms with Gasteiger partial charge in [0, 0.05) is 10.9 Å². The maximum absolute atomic E-state index is 12.4. The smallest absolute Gasteiger partial charge is 0.254 e. The van der Waals surface area contributed by atoms with Crippen molar-refractivity contribution < 1.29 is 13.9 Å². The average Bonchev–Trinajstić information content (AvgIpc) is 3.10. The third-order valence-electron chi connectivity index (χ3n) is 3.50. The van der Waals surface area contributed by atoms with Crippen LogP contribution in [0.15, 0.2) is 51.9 Å². The number of methoxy groups -OCH3 is 2. The minimum absolute atomic E-state index is 0.167. The summed E-state index contributed by atoms with van der Waals surface area (Å²) in [7, 11) is 3.15. The zero-order chi connectivity index (χ0) is 17.1.